The van der Waals surface area contributed by atoms with E-state index in [0.717, 1.165) is 32.4 Å². The molecule has 2 amide bonds. The van der Waals surface area contributed by atoms with E-state index < -0.39 is 0 Å². The summed E-state index contributed by atoms with van der Waals surface area (Å²) in [6.45, 7) is 13.6. The number of anilines is 3. The Morgan fingerprint density at radius 3 is 1.58 bits per heavy atom. The van der Waals surface area contributed by atoms with E-state index in [-0.39, 0.29) is 27.9 Å². The zero-order chi connectivity index (χ0) is 49.9. The average Bonchev–Trinajstić information content (AvgIpc) is 3.95. The molecule has 0 atom stereocenters. The Hall–Kier alpha value is -5.89. The van der Waals surface area contributed by atoms with Crippen LogP contribution in [0.2, 0.25) is 0 Å². The summed E-state index contributed by atoms with van der Waals surface area (Å²) >= 11 is 6.98. The van der Waals surface area contributed by atoms with E-state index in [9.17, 15) is 9.59 Å². The van der Waals surface area contributed by atoms with E-state index in [1.54, 1.807) is 28.5 Å². The number of benzene rings is 5. The number of hydrogen-bond donors (Lipinski definition) is 0. The molecule has 1 fully saturated rings. The Morgan fingerprint density at radius 1 is 0.521 bits per heavy atom. The topological polar surface area (TPSA) is 43.9 Å². The SMILES string of the molecule is CCCCCCCCC1(CCCCCCCC)c2cc(C)ccc2-c2ccc(-c3ccc(N(c4ccc(C)cc4)c4ccc(/C=C/c5ccc(C=C6C(=O)N(CC)C(=S)N(CC)C6=O)s5)cc4)cc3)cc21. The van der Waals surface area contributed by atoms with Gasteiger partial charge in [-0.05, 0) is 158 Å². The molecule has 2 heterocycles. The van der Waals surface area contributed by atoms with Crippen molar-refractivity contribution in [3.63, 3.8) is 0 Å². The van der Waals surface area contributed by atoms with Crippen LogP contribution in [0.3, 0.4) is 0 Å². The van der Waals surface area contributed by atoms with Gasteiger partial charge in [-0.2, -0.15) is 0 Å². The number of carbonyl (C=O) groups is 2. The standard InChI is InChI=1S/C64H73N3O2S2/c1-7-11-13-15-17-19-41-64(42-20-18-16-14-12-8-2)59-43-47(6)23-39-56(59)57-40-29-50(44-60(57)64)49-27-34-53(35-28-49)67(51-30-21-46(5)22-31-51)52-32-24-48(25-33-52)26-36-54-37-38-55(71-54)45-58-61(68)65(9-3)63(70)66(10-4)62(58)69/h21-40,43-45H,7-20,41-42H2,1-6H3/b36-26+. The van der Waals surface area contributed by atoms with Gasteiger partial charge in [0.1, 0.15) is 5.57 Å². The van der Waals surface area contributed by atoms with E-state index in [0.29, 0.717) is 13.1 Å². The summed E-state index contributed by atoms with van der Waals surface area (Å²) in [5.74, 6) is -0.680. The molecule has 0 unspecified atom stereocenters. The van der Waals surface area contributed by atoms with Gasteiger partial charge in [0.25, 0.3) is 11.8 Å². The van der Waals surface area contributed by atoms with Crippen molar-refractivity contribution in [1.82, 2.24) is 9.80 Å². The predicted molar refractivity (Wildman–Crippen MR) is 307 cm³/mol. The van der Waals surface area contributed by atoms with Gasteiger partial charge in [0.2, 0.25) is 0 Å². The van der Waals surface area contributed by atoms with E-state index in [1.807, 2.05) is 26.0 Å². The molecule has 1 saturated heterocycles. The van der Waals surface area contributed by atoms with Crippen LogP contribution in [0.1, 0.15) is 155 Å². The third-order valence-corrected chi connectivity index (χ3v) is 16.2. The molecule has 6 aromatic rings. The molecule has 0 spiro atoms. The molecule has 5 nitrogen and oxygen atoms in total. The highest BCUT2D eigenvalue weighted by Gasteiger charge is 2.43. The number of carbonyl (C=O) groups excluding carboxylic acids is 2. The van der Waals surface area contributed by atoms with Crippen molar-refractivity contribution < 1.29 is 9.59 Å². The van der Waals surface area contributed by atoms with E-state index in [1.165, 1.54) is 133 Å². The van der Waals surface area contributed by atoms with Crippen molar-refractivity contribution in [3.8, 4) is 22.3 Å². The summed E-state index contributed by atoms with van der Waals surface area (Å²) in [6, 6.07) is 45.2. The normalized spacial score (nSPS) is 14.2. The molecule has 1 aliphatic carbocycles. The number of rotatable bonds is 23. The molecule has 2 aliphatic rings. The highest BCUT2D eigenvalue weighted by molar-refractivity contribution is 7.80. The second-order valence-corrected chi connectivity index (χ2v) is 21.3. The first-order valence-corrected chi connectivity index (χ1v) is 27.8. The number of unbranched alkanes of at least 4 members (excludes halogenated alkanes) is 10. The van der Waals surface area contributed by atoms with Gasteiger partial charge in [0, 0.05) is 45.3 Å². The van der Waals surface area contributed by atoms with E-state index in [4.69, 9.17) is 12.2 Å². The fourth-order valence-corrected chi connectivity index (χ4v) is 12.1. The minimum Gasteiger partial charge on any atom is -0.311 e. The highest BCUT2D eigenvalue weighted by atomic mass is 32.1. The van der Waals surface area contributed by atoms with Crippen molar-refractivity contribution >= 4 is 75.8 Å². The molecule has 368 valence electrons. The van der Waals surface area contributed by atoms with Gasteiger partial charge in [-0.1, -0.05) is 175 Å². The number of aryl methyl sites for hydroxylation is 2. The monoisotopic (exact) mass is 980 g/mol. The first-order chi connectivity index (χ1) is 34.6. The van der Waals surface area contributed by atoms with Crippen LogP contribution in [0.15, 0.2) is 127 Å². The Bertz CT molecular complexity index is 2810. The highest BCUT2D eigenvalue weighted by Crippen LogP contribution is 2.55. The maximum absolute atomic E-state index is 13.2. The summed E-state index contributed by atoms with van der Waals surface area (Å²) in [6.07, 6.45) is 24.1. The first-order valence-electron chi connectivity index (χ1n) is 26.6. The number of likely N-dealkylation sites (N-methyl/N-ethyl adjacent to an activating group) is 2. The van der Waals surface area contributed by atoms with Crippen LogP contribution in [-0.4, -0.2) is 39.8 Å². The lowest BCUT2D eigenvalue weighted by molar-refractivity contribution is -0.133. The van der Waals surface area contributed by atoms with Crippen LogP contribution in [0, 0.1) is 13.8 Å². The van der Waals surface area contributed by atoms with Crippen LogP contribution in [0.4, 0.5) is 17.1 Å². The summed E-state index contributed by atoms with van der Waals surface area (Å²) in [7, 11) is 0. The summed E-state index contributed by atoms with van der Waals surface area (Å²) in [5.41, 5.74) is 15.6. The van der Waals surface area contributed by atoms with Gasteiger partial charge in [0.05, 0.1) is 0 Å². The first kappa shape index (κ1) is 51.5. The van der Waals surface area contributed by atoms with Crippen molar-refractivity contribution in [3.05, 3.63) is 164 Å². The quantitative estimate of drug-likeness (QED) is 0.0278. The molecular weight excluding hydrogens is 907 g/mol. The lowest BCUT2D eigenvalue weighted by Gasteiger charge is -2.35. The second kappa shape index (κ2) is 24.0. The molecule has 71 heavy (non-hydrogen) atoms. The van der Waals surface area contributed by atoms with Crippen molar-refractivity contribution in [2.45, 2.75) is 137 Å². The number of hydrogen-bond acceptors (Lipinski definition) is 5. The average molecular weight is 980 g/mol. The number of amides is 2. The van der Waals surface area contributed by atoms with Crippen LogP contribution in [0.5, 0.6) is 0 Å². The zero-order valence-corrected chi connectivity index (χ0v) is 44.7. The Morgan fingerprint density at radius 2 is 1.00 bits per heavy atom. The molecule has 1 aromatic heterocycles. The van der Waals surface area contributed by atoms with Crippen LogP contribution in [-0.2, 0) is 15.0 Å². The third-order valence-electron chi connectivity index (χ3n) is 14.8. The fourth-order valence-electron chi connectivity index (χ4n) is 10.8. The van der Waals surface area contributed by atoms with Crippen molar-refractivity contribution in [2.24, 2.45) is 0 Å². The van der Waals surface area contributed by atoms with Crippen molar-refractivity contribution in [1.29, 1.82) is 0 Å². The summed E-state index contributed by atoms with van der Waals surface area (Å²) in [4.78, 5) is 33.6. The van der Waals surface area contributed by atoms with Crippen LogP contribution >= 0.6 is 23.6 Å². The number of fused-ring (bicyclic) bond motifs is 3. The molecule has 7 heteroatoms. The van der Waals surface area contributed by atoms with Gasteiger partial charge >= 0.3 is 0 Å². The minimum absolute atomic E-state index is 0.0395. The third kappa shape index (κ3) is 11.6. The number of thiophene rings is 1. The molecule has 0 radical (unpaired) electrons. The van der Waals surface area contributed by atoms with Crippen LogP contribution < -0.4 is 4.90 Å². The van der Waals surface area contributed by atoms with Crippen molar-refractivity contribution in [2.75, 3.05) is 18.0 Å². The number of nitrogens with zero attached hydrogens (tertiary/aromatic N) is 3. The largest absolute Gasteiger partial charge is 0.311 e. The van der Waals surface area contributed by atoms with Crippen LogP contribution in [0.25, 0.3) is 40.5 Å². The molecule has 8 rings (SSSR count). The van der Waals surface area contributed by atoms with Gasteiger partial charge in [0.15, 0.2) is 5.11 Å². The Kier molecular flexibility index (Phi) is 17.4. The molecule has 0 N–H and O–H groups in total. The second-order valence-electron chi connectivity index (χ2n) is 19.7. The minimum atomic E-state index is -0.340. The lowest BCUT2D eigenvalue weighted by atomic mass is 9.70. The van der Waals surface area contributed by atoms with Gasteiger partial charge in [-0.15, -0.1) is 11.3 Å². The van der Waals surface area contributed by atoms with Gasteiger partial charge in [-0.3, -0.25) is 19.4 Å². The zero-order valence-electron chi connectivity index (χ0n) is 43.1. The molecule has 0 saturated carbocycles. The van der Waals surface area contributed by atoms with E-state index >= 15 is 0 Å². The molecule has 1 aliphatic heterocycles. The smallest absolute Gasteiger partial charge is 0.265 e. The fraction of sp³-hybridized carbons (Fsp3) is 0.359. The molecule has 5 aromatic carbocycles. The Balaban J connectivity index is 1.05. The maximum Gasteiger partial charge on any atom is 0.265 e. The van der Waals surface area contributed by atoms with Gasteiger partial charge < -0.3 is 4.90 Å². The lowest BCUT2D eigenvalue weighted by Crippen LogP contribution is -2.55. The van der Waals surface area contributed by atoms with E-state index in [2.05, 4.69) is 154 Å². The summed E-state index contributed by atoms with van der Waals surface area (Å²) < 4.78 is 0. The molecular formula is C64H73N3O2S2. The predicted octanol–water partition coefficient (Wildman–Crippen LogP) is 17.8. The molecule has 0 bridgehead atoms. The summed E-state index contributed by atoms with van der Waals surface area (Å²) in [5, 5.41) is 0.272. The Labute approximate surface area is 434 Å². The maximum atomic E-state index is 13.2. The number of thiocarbonyl (C=S) groups is 1. The van der Waals surface area contributed by atoms with Gasteiger partial charge in [-0.25, -0.2) is 0 Å².